The molecule has 0 unspecified atom stereocenters. The van der Waals surface area contributed by atoms with Gasteiger partial charge in [-0.1, -0.05) is 0 Å². The van der Waals surface area contributed by atoms with E-state index < -0.39 is 5.91 Å². The van der Waals surface area contributed by atoms with Crippen molar-refractivity contribution < 1.29 is 4.79 Å². The van der Waals surface area contributed by atoms with E-state index in [0.717, 1.165) is 0 Å². The van der Waals surface area contributed by atoms with Crippen molar-refractivity contribution in [2.45, 2.75) is 0 Å². The van der Waals surface area contributed by atoms with Crippen LogP contribution in [0.4, 0.5) is 5.82 Å². The molecule has 2 aromatic rings. The van der Waals surface area contributed by atoms with Crippen LogP contribution in [0.1, 0.15) is 10.6 Å². The molecule has 0 bridgehead atoms. The summed E-state index contributed by atoms with van der Waals surface area (Å²) in [6.45, 7) is 0. The molecule has 2 aromatic heterocycles. The van der Waals surface area contributed by atoms with E-state index in [1.807, 2.05) is 0 Å². The Morgan fingerprint density at radius 3 is 2.88 bits per heavy atom. The average Bonchev–Trinajstić information content (AvgIpc) is 2.75. The molecule has 0 saturated heterocycles. The Morgan fingerprint density at radius 2 is 2.25 bits per heavy atom. The van der Waals surface area contributed by atoms with E-state index in [2.05, 4.69) is 67.8 Å². The second-order valence-electron chi connectivity index (χ2n) is 2.52. The van der Waals surface area contributed by atoms with Crippen LogP contribution in [0.2, 0.25) is 0 Å². The number of halogens is 2. The van der Waals surface area contributed by atoms with Crippen LogP contribution >= 0.6 is 31.9 Å². The Labute approximate surface area is 106 Å². The molecule has 82 valence electrons. The number of aromatic nitrogens is 6. The third-order valence-electron chi connectivity index (χ3n) is 1.48. The number of nitrogens with one attached hydrogen (secondary N) is 2. The highest BCUT2D eigenvalue weighted by Gasteiger charge is 2.13. The minimum absolute atomic E-state index is 0.0726. The second kappa shape index (κ2) is 4.61. The van der Waals surface area contributed by atoms with Gasteiger partial charge in [-0.15, -0.1) is 10.2 Å². The van der Waals surface area contributed by atoms with Gasteiger partial charge in [0.05, 0.1) is 6.20 Å². The molecule has 8 nitrogen and oxygen atoms in total. The van der Waals surface area contributed by atoms with Gasteiger partial charge in [0.25, 0.3) is 11.7 Å². The van der Waals surface area contributed by atoms with Crippen molar-refractivity contribution in [2.24, 2.45) is 0 Å². The molecule has 10 heteroatoms. The zero-order valence-electron chi connectivity index (χ0n) is 7.48. The van der Waals surface area contributed by atoms with Gasteiger partial charge < -0.3 is 5.32 Å². The van der Waals surface area contributed by atoms with Gasteiger partial charge in [0, 0.05) is 0 Å². The number of rotatable bonds is 2. The van der Waals surface area contributed by atoms with Gasteiger partial charge >= 0.3 is 0 Å². The standard InChI is InChI=1S/C6H3Br2N7O/c7-2-1-9-4(3(8)10-2)11-6(16)5-12-14-15-13-5/h1H,(H,9,11,16)(H,12,13,14,15). The number of hydrogen-bond acceptors (Lipinski definition) is 6. The van der Waals surface area contributed by atoms with Crippen molar-refractivity contribution in [3.8, 4) is 0 Å². The minimum Gasteiger partial charge on any atom is -0.301 e. The maximum Gasteiger partial charge on any atom is 0.298 e. The monoisotopic (exact) mass is 347 g/mol. The maximum absolute atomic E-state index is 11.5. The summed E-state index contributed by atoms with van der Waals surface area (Å²) in [4.78, 5) is 19.5. The van der Waals surface area contributed by atoms with Crippen molar-refractivity contribution in [3.63, 3.8) is 0 Å². The Bertz CT molecular complexity index is 514. The van der Waals surface area contributed by atoms with E-state index in [-0.39, 0.29) is 11.6 Å². The van der Waals surface area contributed by atoms with E-state index >= 15 is 0 Å². The first-order valence-electron chi connectivity index (χ1n) is 3.89. The lowest BCUT2D eigenvalue weighted by Gasteiger charge is -2.02. The normalized spacial score (nSPS) is 10.1. The van der Waals surface area contributed by atoms with Crippen LogP contribution in [0, 0.1) is 0 Å². The third kappa shape index (κ3) is 2.39. The minimum atomic E-state index is -0.522. The van der Waals surface area contributed by atoms with Gasteiger partial charge in [0.1, 0.15) is 9.21 Å². The first-order chi connectivity index (χ1) is 7.66. The lowest BCUT2D eigenvalue weighted by molar-refractivity contribution is 0.101. The van der Waals surface area contributed by atoms with Gasteiger partial charge in [-0.25, -0.2) is 9.97 Å². The smallest absolute Gasteiger partial charge is 0.298 e. The summed E-state index contributed by atoms with van der Waals surface area (Å²) in [5.74, 6) is -0.319. The van der Waals surface area contributed by atoms with Crippen LogP contribution in [0.15, 0.2) is 15.4 Å². The molecule has 0 saturated carbocycles. The average molecular weight is 349 g/mol. The van der Waals surface area contributed by atoms with Crippen molar-refractivity contribution in [1.29, 1.82) is 0 Å². The van der Waals surface area contributed by atoms with Crippen molar-refractivity contribution in [2.75, 3.05) is 5.32 Å². The highest BCUT2D eigenvalue weighted by molar-refractivity contribution is 9.11. The number of anilines is 1. The summed E-state index contributed by atoms with van der Waals surface area (Å²) in [7, 11) is 0. The Morgan fingerprint density at radius 1 is 1.44 bits per heavy atom. The predicted octanol–water partition coefficient (Wildman–Crippen LogP) is 0.767. The SMILES string of the molecule is O=C(Nc1ncc(Br)nc1Br)c1nn[nH]n1. The Kier molecular flexibility index (Phi) is 3.19. The van der Waals surface area contributed by atoms with Gasteiger partial charge in [-0.3, -0.25) is 4.79 Å². The van der Waals surface area contributed by atoms with Crippen LogP contribution in [0.5, 0.6) is 0 Å². The Hall–Kier alpha value is -1.42. The number of nitrogens with zero attached hydrogens (tertiary/aromatic N) is 5. The largest absolute Gasteiger partial charge is 0.301 e. The highest BCUT2D eigenvalue weighted by atomic mass is 79.9. The number of H-pyrrole nitrogens is 1. The number of aromatic amines is 1. The van der Waals surface area contributed by atoms with E-state index in [0.29, 0.717) is 9.21 Å². The zero-order valence-corrected chi connectivity index (χ0v) is 10.6. The van der Waals surface area contributed by atoms with Crippen molar-refractivity contribution >= 4 is 43.6 Å². The zero-order chi connectivity index (χ0) is 11.5. The van der Waals surface area contributed by atoms with Crippen LogP contribution in [0.3, 0.4) is 0 Å². The third-order valence-corrected chi connectivity index (χ3v) is 2.42. The van der Waals surface area contributed by atoms with E-state index in [9.17, 15) is 4.79 Å². The van der Waals surface area contributed by atoms with E-state index in [1.54, 1.807) is 0 Å². The molecule has 0 aliphatic carbocycles. The molecule has 0 aromatic carbocycles. The molecular formula is C6H3Br2N7O. The fraction of sp³-hybridized carbons (Fsp3) is 0. The molecule has 0 aliphatic rings. The first-order valence-corrected chi connectivity index (χ1v) is 5.48. The molecule has 0 atom stereocenters. The molecule has 16 heavy (non-hydrogen) atoms. The summed E-state index contributed by atoms with van der Waals surface area (Å²) in [6, 6.07) is 0. The topological polar surface area (TPSA) is 109 Å². The molecule has 0 fully saturated rings. The summed E-state index contributed by atoms with van der Waals surface area (Å²) in [6.07, 6.45) is 1.45. The molecule has 0 spiro atoms. The molecule has 0 radical (unpaired) electrons. The lowest BCUT2D eigenvalue weighted by atomic mass is 10.5. The Balaban J connectivity index is 2.18. The number of hydrogen-bond donors (Lipinski definition) is 2. The first kappa shape index (κ1) is 11.1. The second-order valence-corrected chi connectivity index (χ2v) is 4.09. The number of tetrazole rings is 1. The number of amides is 1. The molecule has 0 aliphatic heterocycles. The maximum atomic E-state index is 11.5. The predicted molar refractivity (Wildman–Crippen MR) is 59.6 cm³/mol. The number of carbonyl (C=O) groups excluding carboxylic acids is 1. The lowest BCUT2D eigenvalue weighted by Crippen LogP contribution is -2.15. The van der Waals surface area contributed by atoms with E-state index in [1.165, 1.54) is 6.20 Å². The fourth-order valence-corrected chi connectivity index (χ4v) is 1.76. The van der Waals surface area contributed by atoms with Gasteiger partial charge in [0.15, 0.2) is 5.82 Å². The van der Waals surface area contributed by atoms with Crippen molar-refractivity contribution in [1.82, 2.24) is 30.6 Å². The molecular weight excluding hydrogens is 346 g/mol. The van der Waals surface area contributed by atoms with E-state index in [4.69, 9.17) is 0 Å². The van der Waals surface area contributed by atoms with Gasteiger partial charge in [0.2, 0.25) is 0 Å². The molecule has 2 heterocycles. The van der Waals surface area contributed by atoms with Crippen molar-refractivity contribution in [3.05, 3.63) is 21.2 Å². The molecule has 2 N–H and O–H groups in total. The van der Waals surface area contributed by atoms with Gasteiger partial charge in [-0.2, -0.15) is 5.21 Å². The summed E-state index contributed by atoms with van der Waals surface area (Å²) < 4.78 is 0.954. The van der Waals surface area contributed by atoms with Crippen LogP contribution in [-0.2, 0) is 0 Å². The molecule has 1 amide bonds. The highest BCUT2D eigenvalue weighted by Crippen LogP contribution is 2.19. The summed E-state index contributed by atoms with van der Waals surface area (Å²) in [5.41, 5.74) is 0. The van der Waals surface area contributed by atoms with Crippen LogP contribution < -0.4 is 5.32 Å². The quantitative estimate of drug-likeness (QED) is 0.829. The van der Waals surface area contributed by atoms with Crippen LogP contribution in [-0.4, -0.2) is 36.5 Å². The summed E-state index contributed by atoms with van der Waals surface area (Å²) in [5, 5.41) is 15.0. The van der Waals surface area contributed by atoms with Crippen LogP contribution in [0.25, 0.3) is 0 Å². The fourth-order valence-electron chi connectivity index (χ4n) is 0.852. The number of carbonyl (C=O) groups is 1. The molecule has 2 rings (SSSR count). The van der Waals surface area contributed by atoms with Gasteiger partial charge in [-0.05, 0) is 37.1 Å². The summed E-state index contributed by atoms with van der Waals surface area (Å²) >= 11 is 6.30.